The van der Waals surface area contributed by atoms with Crippen molar-refractivity contribution in [3.05, 3.63) is 100 Å². The van der Waals surface area contributed by atoms with Crippen LogP contribution in [0.3, 0.4) is 0 Å². The van der Waals surface area contributed by atoms with Gasteiger partial charge in [0.2, 0.25) is 0 Å². The van der Waals surface area contributed by atoms with E-state index in [1.54, 1.807) is 4.90 Å². The number of benzene rings is 2. The molecule has 0 fully saturated rings. The van der Waals surface area contributed by atoms with Crippen LogP contribution in [-0.4, -0.2) is 63.5 Å². The number of halogens is 2. The zero-order valence-corrected chi connectivity index (χ0v) is 24.9. The van der Waals surface area contributed by atoms with Crippen LogP contribution >= 0.6 is 0 Å². The average Bonchev–Trinajstić information content (AvgIpc) is 2.95. The molecule has 0 saturated carbocycles. The van der Waals surface area contributed by atoms with E-state index in [1.807, 2.05) is 38.1 Å². The molecule has 0 unspecified atom stereocenters. The molecule has 3 rings (SSSR count). The molecule has 1 aromatic heterocycles. The number of hydrogen-bond acceptors (Lipinski definition) is 5. The fourth-order valence-corrected chi connectivity index (χ4v) is 4.88. The van der Waals surface area contributed by atoms with Gasteiger partial charge in [0.15, 0.2) is 0 Å². The van der Waals surface area contributed by atoms with Crippen molar-refractivity contribution in [3.8, 4) is 0 Å². The minimum atomic E-state index is -1.20. The van der Waals surface area contributed by atoms with Gasteiger partial charge in [0.1, 0.15) is 11.6 Å². The zero-order chi connectivity index (χ0) is 30.8. The number of carbonyl (C=O) groups excluding carboxylic acids is 2. The van der Waals surface area contributed by atoms with Crippen LogP contribution in [0.1, 0.15) is 83.9 Å². The Labute approximate surface area is 247 Å². The lowest BCUT2D eigenvalue weighted by atomic mass is 9.99. The molecule has 2 atom stereocenters. The Morgan fingerprint density at radius 3 is 2.05 bits per heavy atom. The maximum atomic E-state index is 13.9. The van der Waals surface area contributed by atoms with Gasteiger partial charge in [-0.05, 0) is 60.1 Å². The van der Waals surface area contributed by atoms with E-state index in [0.29, 0.717) is 24.2 Å². The summed E-state index contributed by atoms with van der Waals surface area (Å²) >= 11 is 0. The lowest BCUT2D eigenvalue weighted by Gasteiger charge is -2.29. The normalized spacial score (nSPS) is 12.7. The van der Waals surface area contributed by atoms with Gasteiger partial charge in [-0.25, -0.2) is 8.78 Å². The van der Waals surface area contributed by atoms with Crippen LogP contribution in [0.2, 0.25) is 0 Å². The van der Waals surface area contributed by atoms with Gasteiger partial charge in [-0.1, -0.05) is 52.0 Å². The number of aliphatic hydroxyl groups excluding tert-OH is 1. The molecule has 42 heavy (non-hydrogen) atoms. The summed E-state index contributed by atoms with van der Waals surface area (Å²) in [6.45, 7) is 9.39. The van der Waals surface area contributed by atoms with Crippen molar-refractivity contribution < 1.29 is 23.5 Å². The Balaban J connectivity index is 1.89. The first-order chi connectivity index (χ1) is 20.0. The summed E-state index contributed by atoms with van der Waals surface area (Å²) in [5.41, 5.74) is 9.05. The highest BCUT2D eigenvalue weighted by molar-refractivity contribution is 5.99. The summed E-state index contributed by atoms with van der Waals surface area (Å²) in [5.74, 6) is -1.80. The van der Waals surface area contributed by atoms with Crippen molar-refractivity contribution in [1.29, 1.82) is 0 Å². The number of aromatic nitrogens is 1. The highest BCUT2D eigenvalue weighted by Gasteiger charge is 2.25. The van der Waals surface area contributed by atoms with E-state index in [2.05, 4.69) is 18.8 Å². The van der Waals surface area contributed by atoms with E-state index in [1.165, 1.54) is 35.5 Å². The monoisotopic (exact) mass is 580 g/mol. The second-order valence-electron chi connectivity index (χ2n) is 11.1. The van der Waals surface area contributed by atoms with Crippen LogP contribution in [-0.2, 0) is 13.0 Å². The summed E-state index contributed by atoms with van der Waals surface area (Å²) in [6, 6.07) is 11.6. The van der Waals surface area contributed by atoms with E-state index in [9.17, 15) is 23.5 Å². The lowest BCUT2D eigenvalue weighted by Crippen LogP contribution is -2.46. The Bertz CT molecular complexity index is 1320. The fourth-order valence-electron chi connectivity index (χ4n) is 4.88. The van der Waals surface area contributed by atoms with E-state index in [4.69, 9.17) is 5.73 Å². The van der Waals surface area contributed by atoms with Gasteiger partial charge in [0.25, 0.3) is 11.8 Å². The smallest absolute Gasteiger partial charge is 0.255 e. The molecule has 7 nitrogen and oxygen atoms in total. The third-order valence-electron chi connectivity index (χ3n) is 7.08. The first kappa shape index (κ1) is 32.8. The minimum Gasteiger partial charge on any atom is -0.390 e. The number of aliphatic hydroxyl groups is 1. The van der Waals surface area contributed by atoms with Crippen LogP contribution in [0.25, 0.3) is 0 Å². The summed E-state index contributed by atoms with van der Waals surface area (Å²) in [5, 5.41) is 11.1. The molecular formula is C33H42F2N4O3. The van der Waals surface area contributed by atoms with Crippen molar-refractivity contribution in [2.75, 3.05) is 19.6 Å². The van der Waals surface area contributed by atoms with Crippen molar-refractivity contribution in [3.63, 3.8) is 0 Å². The summed E-state index contributed by atoms with van der Waals surface area (Å²) in [4.78, 5) is 34.5. The van der Waals surface area contributed by atoms with Gasteiger partial charge in [-0.3, -0.25) is 14.6 Å². The van der Waals surface area contributed by atoms with Crippen LogP contribution in [0.4, 0.5) is 8.78 Å². The van der Waals surface area contributed by atoms with Gasteiger partial charge < -0.3 is 20.6 Å². The molecule has 0 aliphatic rings. The molecule has 0 bridgehead atoms. The molecule has 2 aromatic carbocycles. The number of nitrogens with zero attached hydrogens (tertiary/aromatic N) is 3. The number of pyridine rings is 1. The molecular weight excluding hydrogens is 538 g/mol. The molecule has 0 aliphatic carbocycles. The molecule has 3 aromatic rings. The molecule has 1 heterocycles. The van der Waals surface area contributed by atoms with Gasteiger partial charge >= 0.3 is 0 Å². The van der Waals surface area contributed by atoms with Crippen molar-refractivity contribution in [1.82, 2.24) is 14.8 Å². The van der Waals surface area contributed by atoms with E-state index >= 15 is 0 Å². The number of nitrogens with two attached hydrogens (primary N) is 1. The molecule has 0 aliphatic heterocycles. The predicted molar refractivity (Wildman–Crippen MR) is 160 cm³/mol. The second-order valence-corrected chi connectivity index (χ2v) is 11.1. The van der Waals surface area contributed by atoms with Crippen LogP contribution < -0.4 is 5.73 Å². The van der Waals surface area contributed by atoms with Crippen molar-refractivity contribution in [2.24, 2.45) is 5.73 Å². The first-order valence-corrected chi connectivity index (χ1v) is 14.5. The van der Waals surface area contributed by atoms with Crippen LogP contribution in [0.15, 0.2) is 60.9 Å². The summed E-state index contributed by atoms with van der Waals surface area (Å²) in [6.07, 6.45) is 3.29. The molecule has 3 N–H and O–H groups in total. The molecule has 0 saturated heterocycles. The Morgan fingerprint density at radius 2 is 1.48 bits per heavy atom. The minimum absolute atomic E-state index is 0.0109. The maximum absolute atomic E-state index is 13.9. The third-order valence-corrected chi connectivity index (χ3v) is 7.08. The standard InChI is InChI=1S/C33H42F2N4O3/c1-5-10-38(11-6-2)32(41)26-16-27(19-37-18-26)33(42)39(20-23-8-7-9-25(12-23)22(3)4)21-31(40)30(36)15-24-13-28(34)17-29(35)14-24/h7-9,12-14,16-19,22,30-31,40H,5-6,10-11,15,20-21,36H2,1-4H3/t30-,31+/m0/s1. The molecule has 226 valence electrons. The Kier molecular flexibility index (Phi) is 12.1. The number of hydrogen-bond donors (Lipinski definition) is 2. The van der Waals surface area contributed by atoms with Crippen LogP contribution in [0, 0.1) is 11.6 Å². The molecule has 0 spiro atoms. The number of rotatable bonds is 14. The van der Waals surface area contributed by atoms with E-state index < -0.39 is 29.7 Å². The lowest BCUT2D eigenvalue weighted by molar-refractivity contribution is 0.0554. The van der Waals surface area contributed by atoms with Gasteiger partial charge in [-0.2, -0.15) is 0 Å². The van der Waals surface area contributed by atoms with E-state index in [0.717, 1.165) is 30.0 Å². The SMILES string of the molecule is CCCN(CCC)C(=O)c1cncc(C(=O)N(Cc2cccc(C(C)C)c2)C[C@@H](O)[C@@H](N)Cc2cc(F)cc(F)c2)c1. The molecule has 9 heteroatoms. The number of amides is 2. The highest BCUT2D eigenvalue weighted by atomic mass is 19.1. The van der Waals surface area contributed by atoms with Gasteiger partial charge in [0.05, 0.1) is 17.2 Å². The average molecular weight is 581 g/mol. The third kappa shape index (κ3) is 9.16. The first-order valence-electron chi connectivity index (χ1n) is 14.5. The van der Waals surface area contributed by atoms with Crippen molar-refractivity contribution >= 4 is 11.8 Å². The molecule has 2 amide bonds. The Hall–Kier alpha value is -3.69. The fraction of sp³-hybridized carbons (Fsp3) is 0.424. The van der Waals surface area contributed by atoms with E-state index in [-0.39, 0.29) is 36.9 Å². The highest BCUT2D eigenvalue weighted by Crippen LogP contribution is 2.19. The molecule has 0 radical (unpaired) electrons. The maximum Gasteiger partial charge on any atom is 0.255 e. The second kappa shape index (κ2) is 15.5. The predicted octanol–water partition coefficient (Wildman–Crippen LogP) is 5.32. The van der Waals surface area contributed by atoms with Gasteiger partial charge in [0, 0.05) is 50.7 Å². The van der Waals surface area contributed by atoms with Crippen LogP contribution in [0.5, 0.6) is 0 Å². The topological polar surface area (TPSA) is 99.8 Å². The number of carbonyl (C=O) groups is 2. The quantitative estimate of drug-likeness (QED) is 0.269. The Morgan fingerprint density at radius 1 is 0.881 bits per heavy atom. The van der Waals surface area contributed by atoms with Crippen molar-refractivity contribution in [2.45, 2.75) is 71.6 Å². The van der Waals surface area contributed by atoms with Gasteiger partial charge in [-0.15, -0.1) is 0 Å². The zero-order valence-electron chi connectivity index (χ0n) is 24.9. The summed E-state index contributed by atoms with van der Waals surface area (Å²) < 4.78 is 27.4. The summed E-state index contributed by atoms with van der Waals surface area (Å²) in [7, 11) is 0. The largest absolute Gasteiger partial charge is 0.390 e.